The monoisotopic (exact) mass is 735 g/mol. The molecule has 12 rings (SSSR count). The van der Waals surface area contributed by atoms with E-state index in [4.69, 9.17) is 0 Å². The third-order valence-corrected chi connectivity index (χ3v) is 12.4. The maximum atomic E-state index is 2.49. The third-order valence-electron chi connectivity index (χ3n) is 12.4. The molecule has 0 bridgehead atoms. The van der Waals surface area contributed by atoms with Gasteiger partial charge >= 0.3 is 0 Å². The van der Waals surface area contributed by atoms with Crippen molar-refractivity contribution >= 4 is 75.7 Å². The van der Waals surface area contributed by atoms with Crippen molar-refractivity contribution in [1.29, 1.82) is 0 Å². The normalized spacial score (nSPS) is 11.9. The Morgan fingerprint density at radius 2 is 0.845 bits per heavy atom. The number of para-hydroxylation sites is 1. The van der Waals surface area contributed by atoms with Gasteiger partial charge in [0.15, 0.2) is 0 Å². The van der Waals surface area contributed by atoms with Gasteiger partial charge in [-0.2, -0.15) is 0 Å². The largest absolute Gasteiger partial charge is 0.309 e. The molecule has 0 aliphatic carbocycles. The van der Waals surface area contributed by atoms with Crippen LogP contribution in [0.15, 0.2) is 206 Å². The molecule has 1 heterocycles. The molecule has 1 heteroatoms. The van der Waals surface area contributed by atoms with Gasteiger partial charge in [0.1, 0.15) is 0 Å². The lowest BCUT2D eigenvalue weighted by Gasteiger charge is -2.17. The Balaban J connectivity index is 1.09. The van der Waals surface area contributed by atoms with Crippen molar-refractivity contribution in [2.75, 3.05) is 0 Å². The van der Waals surface area contributed by atoms with E-state index in [0.717, 1.165) is 5.69 Å². The van der Waals surface area contributed by atoms with Crippen LogP contribution in [0.25, 0.3) is 115 Å². The molecule has 0 saturated heterocycles. The highest BCUT2D eigenvalue weighted by Gasteiger charge is 2.22. The van der Waals surface area contributed by atoms with Crippen molar-refractivity contribution in [1.82, 2.24) is 4.57 Å². The van der Waals surface area contributed by atoms with E-state index in [2.05, 4.69) is 218 Å². The van der Waals surface area contributed by atoms with E-state index in [9.17, 15) is 0 Å². The van der Waals surface area contributed by atoms with Gasteiger partial charge in [0, 0.05) is 27.2 Å². The van der Waals surface area contributed by atoms with Gasteiger partial charge in [0.05, 0.1) is 11.0 Å². The summed E-state index contributed by atoms with van der Waals surface area (Å²) in [5.41, 5.74) is 12.3. The van der Waals surface area contributed by atoms with E-state index in [1.54, 1.807) is 0 Å². The van der Waals surface area contributed by atoms with Crippen molar-refractivity contribution in [3.63, 3.8) is 0 Å². The maximum Gasteiger partial charge on any atom is 0.0626 e. The number of aromatic nitrogens is 1. The number of nitrogens with zero attached hydrogens (tertiary/aromatic N) is 1. The quantitative estimate of drug-likeness (QED) is 0.159. The third kappa shape index (κ3) is 4.97. The average Bonchev–Trinajstić information content (AvgIpc) is 3.64. The summed E-state index contributed by atoms with van der Waals surface area (Å²) in [6.45, 7) is 2.25. The highest BCUT2D eigenvalue weighted by molar-refractivity contribution is 6.38. The summed E-state index contributed by atoms with van der Waals surface area (Å²) in [7, 11) is 0. The van der Waals surface area contributed by atoms with Crippen LogP contribution in [0.4, 0.5) is 0 Å². The van der Waals surface area contributed by atoms with E-state index in [0.29, 0.717) is 0 Å². The lowest BCUT2D eigenvalue weighted by atomic mass is 9.87. The summed E-state index contributed by atoms with van der Waals surface area (Å²) in [5, 5.41) is 15.3. The minimum absolute atomic E-state index is 1.16. The van der Waals surface area contributed by atoms with Crippen LogP contribution in [0, 0.1) is 6.92 Å². The molecule has 0 amide bonds. The fourth-order valence-corrected chi connectivity index (χ4v) is 9.72. The second kappa shape index (κ2) is 12.8. The van der Waals surface area contributed by atoms with E-state index in [1.165, 1.54) is 115 Å². The van der Waals surface area contributed by atoms with Gasteiger partial charge < -0.3 is 4.57 Å². The molecule has 58 heavy (non-hydrogen) atoms. The Hall–Kier alpha value is -7.48. The molecule has 0 saturated carbocycles. The summed E-state index contributed by atoms with van der Waals surface area (Å²) in [5.74, 6) is 0. The zero-order valence-corrected chi connectivity index (χ0v) is 32.1. The summed E-state index contributed by atoms with van der Waals surface area (Å²) in [6, 6.07) is 76.3. The maximum absolute atomic E-state index is 2.49. The summed E-state index contributed by atoms with van der Waals surface area (Å²) in [4.78, 5) is 0. The number of rotatable bonds is 4. The van der Waals surface area contributed by atoms with E-state index < -0.39 is 0 Å². The summed E-state index contributed by atoms with van der Waals surface area (Å²) < 4.78 is 2.49. The molecule has 1 nitrogen and oxygen atoms in total. The van der Waals surface area contributed by atoms with Gasteiger partial charge in [0.25, 0.3) is 0 Å². The summed E-state index contributed by atoms with van der Waals surface area (Å²) >= 11 is 0. The predicted molar refractivity (Wildman–Crippen MR) is 249 cm³/mol. The van der Waals surface area contributed by atoms with Gasteiger partial charge in [-0.15, -0.1) is 0 Å². The molecule has 1 aromatic heterocycles. The van der Waals surface area contributed by atoms with Crippen LogP contribution >= 0.6 is 0 Å². The van der Waals surface area contributed by atoms with Crippen LogP contribution in [0.2, 0.25) is 0 Å². The van der Waals surface area contributed by atoms with Crippen LogP contribution in [0.5, 0.6) is 0 Å². The second-order valence-corrected chi connectivity index (χ2v) is 15.7. The predicted octanol–water partition coefficient (Wildman–Crippen LogP) is 15.9. The molecule has 0 radical (unpaired) electrons. The SMILES string of the molecule is Cc1cc(-c2cc3c4ccccc4c4c(c5ccccc5n4-c4ccc(-c5ccc6ccccc6c5)cc4)c3c3ccccc23)ccc1-c1ccc2ccccc2c1. The minimum atomic E-state index is 1.16. The van der Waals surface area contributed by atoms with Gasteiger partial charge in [-0.25, -0.2) is 0 Å². The Morgan fingerprint density at radius 3 is 1.57 bits per heavy atom. The van der Waals surface area contributed by atoms with Gasteiger partial charge in [-0.1, -0.05) is 170 Å². The first kappa shape index (κ1) is 32.7. The van der Waals surface area contributed by atoms with Crippen molar-refractivity contribution in [3.05, 3.63) is 212 Å². The lowest BCUT2D eigenvalue weighted by molar-refractivity contribution is 1.19. The zero-order chi connectivity index (χ0) is 38.3. The molecule has 0 fully saturated rings. The zero-order valence-electron chi connectivity index (χ0n) is 32.1. The molecule has 0 N–H and O–H groups in total. The Kier molecular flexibility index (Phi) is 7.21. The molecule has 0 aliphatic rings. The van der Waals surface area contributed by atoms with Gasteiger partial charge in [0.2, 0.25) is 0 Å². The van der Waals surface area contributed by atoms with E-state index >= 15 is 0 Å². The van der Waals surface area contributed by atoms with Crippen LogP contribution in [0.1, 0.15) is 5.56 Å². The van der Waals surface area contributed by atoms with Crippen LogP contribution in [-0.2, 0) is 0 Å². The Bertz CT molecular complexity index is 3620. The van der Waals surface area contributed by atoms with Crippen molar-refractivity contribution in [2.45, 2.75) is 6.92 Å². The van der Waals surface area contributed by atoms with Crippen molar-refractivity contribution in [2.24, 2.45) is 0 Å². The number of aryl methyl sites for hydroxylation is 1. The first-order chi connectivity index (χ1) is 28.7. The highest BCUT2D eigenvalue weighted by Crippen LogP contribution is 2.47. The summed E-state index contributed by atoms with van der Waals surface area (Å²) in [6.07, 6.45) is 0. The lowest BCUT2D eigenvalue weighted by Crippen LogP contribution is -1.95. The van der Waals surface area contributed by atoms with Gasteiger partial charge in [-0.3, -0.25) is 0 Å². The Morgan fingerprint density at radius 1 is 0.310 bits per heavy atom. The topological polar surface area (TPSA) is 4.93 Å². The fraction of sp³-hybridized carbons (Fsp3) is 0.0175. The second-order valence-electron chi connectivity index (χ2n) is 15.7. The Labute approximate surface area is 336 Å². The molecule has 0 spiro atoms. The van der Waals surface area contributed by atoms with Crippen LogP contribution in [-0.4, -0.2) is 4.57 Å². The fourth-order valence-electron chi connectivity index (χ4n) is 9.72. The first-order valence-electron chi connectivity index (χ1n) is 20.2. The molecule has 12 aromatic rings. The smallest absolute Gasteiger partial charge is 0.0626 e. The standard InChI is InChI=1S/C57H37N/c1-36-32-43(28-31-46(36)44-25-23-38-13-3-5-15-41(38)34-44)52-35-53-48-17-7-9-19-50(48)57-56(55(53)49-18-8-6-16-47(49)52)51-20-10-11-21-54(51)58(57)45-29-26-39(27-30-45)42-24-22-37-12-2-4-14-40(37)33-42/h2-35H,1H3. The number of fused-ring (bicyclic) bond motifs is 12. The molecule has 270 valence electrons. The number of benzene rings is 11. The molecule has 0 aliphatic heterocycles. The van der Waals surface area contributed by atoms with Crippen molar-refractivity contribution in [3.8, 4) is 39.1 Å². The molecular formula is C57H37N. The van der Waals surface area contributed by atoms with E-state index in [1.807, 2.05) is 0 Å². The number of hydrogen-bond acceptors (Lipinski definition) is 0. The molecule has 0 atom stereocenters. The minimum Gasteiger partial charge on any atom is -0.309 e. The van der Waals surface area contributed by atoms with Gasteiger partial charge in [-0.05, 0) is 125 Å². The van der Waals surface area contributed by atoms with Crippen LogP contribution < -0.4 is 0 Å². The van der Waals surface area contributed by atoms with Crippen LogP contribution in [0.3, 0.4) is 0 Å². The van der Waals surface area contributed by atoms with Crippen molar-refractivity contribution < 1.29 is 0 Å². The highest BCUT2D eigenvalue weighted by atomic mass is 15.0. The number of hydrogen-bond donors (Lipinski definition) is 0. The van der Waals surface area contributed by atoms with E-state index in [-0.39, 0.29) is 0 Å². The molecule has 0 unspecified atom stereocenters. The first-order valence-corrected chi connectivity index (χ1v) is 20.2. The molecular weight excluding hydrogens is 699 g/mol. The average molecular weight is 736 g/mol. The molecule has 11 aromatic carbocycles.